The first-order valence-electron chi connectivity index (χ1n) is 8.19. The standard InChI is InChI=1S/C18H24FNO/c1-14-13-15(19)7-8-16(14)17(21)18(9-3-4-10-18)20-11-5-2-6-12-20/h7-8,13H,2-6,9-12H2,1H3. The van der Waals surface area contributed by atoms with E-state index in [1.165, 1.54) is 31.4 Å². The number of carbonyl (C=O) groups is 1. The topological polar surface area (TPSA) is 20.3 Å². The summed E-state index contributed by atoms with van der Waals surface area (Å²) >= 11 is 0. The molecule has 0 spiro atoms. The van der Waals surface area contributed by atoms with Gasteiger partial charge in [-0.3, -0.25) is 9.69 Å². The molecule has 0 aromatic heterocycles. The van der Waals surface area contributed by atoms with Crippen LogP contribution in [0.25, 0.3) is 0 Å². The van der Waals surface area contributed by atoms with Crippen molar-refractivity contribution < 1.29 is 9.18 Å². The average molecular weight is 289 g/mol. The summed E-state index contributed by atoms with van der Waals surface area (Å²) < 4.78 is 13.3. The normalized spacial score (nSPS) is 22.4. The minimum absolute atomic E-state index is 0.222. The summed E-state index contributed by atoms with van der Waals surface area (Å²) in [6.45, 7) is 3.91. The van der Waals surface area contributed by atoms with Crippen molar-refractivity contribution in [2.75, 3.05) is 13.1 Å². The maximum absolute atomic E-state index is 13.3. The molecule has 2 fully saturated rings. The summed E-state index contributed by atoms with van der Waals surface area (Å²) in [4.78, 5) is 15.7. The fourth-order valence-corrected chi connectivity index (χ4v) is 4.10. The van der Waals surface area contributed by atoms with Crippen LogP contribution in [0.2, 0.25) is 0 Å². The molecule has 3 rings (SSSR count). The number of hydrogen-bond donors (Lipinski definition) is 0. The van der Waals surface area contributed by atoms with Gasteiger partial charge in [-0.05, 0) is 69.5 Å². The van der Waals surface area contributed by atoms with Crippen molar-refractivity contribution in [3.63, 3.8) is 0 Å². The second-order valence-electron chi connectivity index (χ2n) is 6.57. The first kappa shape index (κ1) is 14.7. The van der Waals surface area contributed by atoms with Gasteiger partial charge in [-0.15, -0.1) is 0 Å². The first-order valence-corrected chi connectivity index (χ1v) is 8.19. The number of nitrogens with zero attached hydrogens (tertiary/aromatic N) is 1. The van der Waals surface area contributed by atoms with Crippen LogP contribution in [0.3, 0.4) is 0 Å². The highest BCUT2D eigenvalue weighted by molar-refractivity contribution is 6.04. The molecular formula is C18H24FNO. The average Bonchev–Trinajstić information content (AvgIpc) is 2.98. The van der Waals surface area contributed by atoms with Crippen LogP contribution in [0.15, 0.2) is 18.2 Å². The Kier molecular flexibility index (Phi) is 4.12. The van der Waals surface area contributed by atoms with E-state index in [1.807, 2.05) is 6.92 Å². The third kappa shape index (κ3) is 2.64. The molecule has 1 saturated carbocycles. The van der Waals surface area contributed by atoms with Crippen LogP contribution in [0.5, 0.6) is 0 Å². The van der Waals surface area contributed by atoms with Gasteiger partial charge in [0.05, 0.1) is 5.54 Å². The SMILES string of the molecule is Cc1cc(F)ccc1C(=O)C1(N2CCCCC2)CCCC1. The molecule has 1 aromatic rings. The lowest BCUT2D eigenvalue weighted by atomic mass is 9.83. The monoisotopic (exact) mass is 289 g/mol. The summed E-state index contributed by atoms with van der Waals surface area (Å²) in [6, 6.07) is 4.57. The van der Waals surface area contributed by atoms with Crippen molar-refractivity contribution in [2.45, 2.75) is 57.4 Å². The molecule has 0 atom stereocenters. The zero-order chi connectivity index (χ0) is 14.9. The molecule has 0 unspecified atom stereocenters. The van der Waals surface area contributed by atoms with Crippen LogP contribution in [0, 0.1) is 12.7 Å². The van der Waals surface area contributed by atoms with Crippen molar-refractivity contribution in [2.24, 2.45) is 0 Å². The zero-order valence-electron chi connectivity index (χ0n) is 12.8. The van der Waals surface area contributed by atoms with Crippen LogP contribution in [0.4, 0.5) is 4.39 Å². The van der Waals surface area contributed by atoms with Gasteiger partial charge in [-0.1, -0.05) is 19.3 Å². The maximum atomic E-state index is 13.3. The molecule has 3 heteroatoms. The van der Waals surface area contributed by atoms with Crippen LogP contribution < -0.4 is 0 Å². The van der Waals surface area contributed by atoms with E-state index in [9.17, 15) is 9.18 Å². The Labute approximate surface area is 126 Å². The molecule has 0 radical (unpaired) electrons. The minimum atomic E-state index is -0.316. The number of carbonyl (C=O) groups excluding carboxylic acids is 1. The quantitative estimate of drug-likeness (QED) is 0.780. The van der Waals surface area contributed by atoms with Gasteiger partial charge in [-0.2, -0.15) is 0 Å². The van der Waals surface area contributed by atoms with Gasteiger partial charge in [0.1, 0.15) is 5.82 Å². The molecule has 0 N–H and O–H groups in total. The Balaban J connectivity index is 1.94. The van der Waals surface area contributed by atoms with Crippen LogP contribution >= 0.6 is 0 Å². The smallest absolute Gasteiger partial charge is 0.183 e. The van der Waals surface area contributed by atoms with Crippen molar-refractivity contribution in [3.05, 3.63) is 35.1 Å². The zero-order valence-corrected chi connectivity index (χ0v) is 12.8. The molecule has 1 aliphatic carbocycles. The van der Waals surface area contributed by atoms with E-state index in [2.05, 4.69) is 4.90 Å². The Hall–Kier alpha value is -1.22. The van der Waals surface area contributed by atoms with E-state index in [1.54, 1.807) is 6.07 Å². The predicted octanol–water partition coefficient (Wildman–Crippen LogP) is 4.12. The Bertz CT molecular complexity index is 528. The van der Waals surface area contributed by atoms with Gasteiger partial charge in [0.15, 0.2) is 5.78 Å². The third-order valence-electron chi connectivity index (χ3n) is 5.25. The lowest BCUT2D eigenvalue weighted by Crippen LogP contribution is -2.54. The first-order chi connectivity index (χ1) is 10.1. The maximum Gasteiger partial charge on any atom is 0.183 e. The summed E-state index contributed by atoms with van der Waals surface area (Å²) in [5.41, 5.74) is 1.16. The molecule has 2 aliphatic rings. The molecule has 21 heavy (non-hydrogen) atoms. The molecule has 2 nitrogen and oxygen atoms in total. The number of aryl methyl sites for hydroxylation is 1. The largest absolute Gasteiger partial charge is 0.292 e. The number of hydrogen-bond acceptors (Lipinski definition) is 2. The van der Waals surface area contributed by atoms with Gasteiger partial charge in [-0.25, -0.2) is 4.39 Å². The number of rotatable bonds is 3. The fourth-order valence-electron chi connectivity index (χ4n) is 4.10. The Morgan fingerprint density at radius 2 is 1.76 bits per heavy atom. The van der Waals surface area contributed by atoms with Crippen LogP contribution in [-0.4, -0.2) is 29.3 Å². The second-order valence-corrected chi connectivity index (χ2v) is 6.57. The Morgan fingerprint density at radius 1 is 1.10 bits per heavy atom. The van der Waals surface area contributed by atoms with Crippen molar-refractivity contribution >= 4 is 5.78 Å². The number of benzene rings is 1. The Morgan fingerprint density at radius 3 is 2.38 bits per heavy atom. The molecule has 1 aromatic carbocycles. The van der Waals surface area contributed by atoms with Crippen LogP contribution in [0.1, 0.15) is 60.9 Å². The summed E-state index contributed by atoms with van der Waals surface area (Å²) in [5.74, 6) is -0.0399. The summed E-state index contributed by atoms with van der Waals surface area (Å²) in [5, 5.41) is 0. The number of halogens is 1. The molecule has 1 heterocycles. The molecule has 114 valence electrons. The number of ketones is 1. The lowest BCUT2D eigenvalue weighted by molar-refractivity contribution is 0.0477. The van der Waals surface area contributed by atoms with Crippen molar-refractivity contribution in [1.29, 1.82) is 0 Å². The molecule has 0 amide bonds. The highest BCUT2D eigenvalue weighted by Crippen LogP contribution is 2.40. The minimum Gasteiger partial charge on any atom is -0.292 e. The van der Waals surface area contributed by atoms with E-state index in [0.29, 0.717) is 5.56 Å². The number of piperidine rings is 1. The van der Waals surface area contributed by atoms with Crippen LogP contribution in [-0.2, 0) is 0 Å². The van der Waals surface area contributed by atoms with Gasteiger partial charge < -0.3 is 0 Å². The van der Waals surface area contributed by atoms with E-state index >= 15 is 0 Å². The van der Waals surface area contributed by atoms with Gasteiger partial charge >= 0.3 is 0 Å². The molecule has 1 saturated heterocycles. The highest BCUT2D eigenvalue weighted by atomic mass is 19.1. The molecule has 0 bridgehead atoms. The lowest BCUT2D eigenvalue weighted by Gasteiger charge is -2.42. The van der Waals surface area contributed by atoms with E-state index in [-0.39, 0.29) is 17.1 Å². The van der Waals surface area contributed by atoms with Crippen molar-refractivity contribution in [3.8, 4) is 0 Å². The van der Waals surface area contributed by atoms with Crippen molar-refractivity contribution in [1.82, 2.24) is 4.90 Å². The van der Waals surface area contributed by atoms with E-state index in [4.69, 9.17) is 0 Å². The van der Waals surface area contributed by atoms with E-state index < -0.39 is 0 Å². The molecule has 1 aliphatic heterocycles. The molecular weight excluding hydrogens is 265 g/mol. The third-order valence-corrected chi connectivity index (χ3v) is 5.25. The summed E-state index contributed by atoms with van der Waals surface area (Å²) in [7, 11) is 0. The summed E-state index contributed by atoms with van der Waals surface area (Å²) in [6.07, 6.45) is 7.83. The van der Waals surface area contributed by atoms with Gasteiger partial charge in [0, 0.05) is 5.56 Å². The van der Waals surface area contributed by atoms with E-state index in [0.717, 1.165) is 44.3 Å². The van der Waals surface area contributed by atoms with Gasteiger partial charge in [0.2, 0.25) is 0 Å². The predicted molar refractivity (Wildman–Crippen MR) is 82.1 cm³/mol. The highest BCUT2D eigenvalue weighted by Gasteiger charge is 2.46. The van der Waals surface area contributed by atoms with Gasteiger partial charge in [0.25, 0.3) is 0 Å². The number of likely N-dealkylation sites (tertiary alicyclic amines) is 1. The fraction of sp³-hybridized carbons (Fsp3) is 0.611. The number of Topliss-reactive ketones (excluding diaryl/α,β-unsaturated/α-hetero) is 1. The second kappa shape index (κ2) is 5.88.